The third-order valence-corrected chi connectivity index (χ3v) is 7.53. The maximum Gasteiger partial charge on any atom is 0.333 e. The molecule has 152 valence electrons. The molecular weight excluding hydrogens is 356 g/mol. The molecule has 1 aliphatic heterocycles. The molecule has 0 aromatic heterocycles. The van der Waals surface area contributed by atoms with Gasteiger partial charge in [-0.25, -0.2) is 4.79 Å². The Labute approximate surface area is 166 Å². The molecule has 28 heavy (non-hydrogen) atoms. The average Bonchev–Trinajstić information content (AvgIpc) is 2.99. The van der Waals surface area contributed by atoms with Crippen molar-refractivity contribution in [3.05, 3.63) is 41.0 Å². The first kappa shape index (κ1) is 19.5. The van der Waals surface area contributed by atoms with Gasteiger partial charge < -0.3 is 19.7 Å². The lowest BCUT2D eigenvalue weighted by Gasteiger charge is -2.56. The van der Waals surface area contributed by atoms with Gasteiger partial charge in [-0.1, -0.05) is 26.3 Å². The van der Waals surface area contributed by atoms with Crippen LogP contribution in [0.25, 0.3) is 0 Å². The third kappa shape index (κ3) is 3.05. The number of rotatable bonds is 4. The van der Waals surface area contributed by atoms with Crippen LogP contribution in [-0.4, -0.2) is 35.7 Å². The van der Waals surface area contributed by atoms with Crippen LogP contribution in [0.4, 0.5) is 0 Å². The van der Waals surface area contributed by atoms with Gasteiger partial charge >= 0.3 is 5.97 Å². The van der Waals surface area contributed by atoms with Gasteiger partial charge in [0.1, 0.15) is 5.75 Å². The summed E-state index contributed by atoms with van der Waals surface area (Å²) >= 11 is 0. The zero-order chi connectivity index (χ0) is 20.1. The van der Waals surface area contributed by atoms with Gasteiger partial charge in [0.2, 0.25) is 6.29 Å². The van der Waals surface area contributed by atoms with E-state index in [1.54, 1.807) is 7.11 Å². The highest BCUT2D eigenvalue weighted by Gasteiger charge is 2.52. The van der Waals surface area contributed by atoms with Crippen molar-refractivity contribution in [2.24, 2.45) is 11.3 Å². The lowest BCUT2D eigenvalue weighted by molar-refractivity contribution is -0.152. The Morgan fingerprint density at radius 3 is 2.79 bits per heavy atom. The van der Waals surface area contributed by atoms with Gasteiger partial charge in [0.05, 0.1) is 13.2 Å². The number of cyclic esters (lactones) is 1. The van der Waals surface area contributed by atoms with Crippen molar-refractivity contribution in [2.75, 3.05) is 7.11 Å². The molecule has 1 aromatic rings. The first-order valence-corrected chi connectivity index (χ1v) is 10.2. The number of hydrogen-bond acceptors (Lipinski definition) is 5. The molecule has 2 aliphatic carbocycles. The topological polar surface area (TPSA) is 76.0 Å². The van der Waals surface area contributed by atoms with E-state index in [4.69, 9.17) is 9.47 Å². The fourth-order valence-corrected chi connectivity index (χ4v) is 6.18. The van der Waals surface area contributed by atoms with E-state index in [1.807, 2.05) is 6.07 Å². The minimum Gasteiger partial charge on any atom is -0.497 e. The number of aliphatic hydroxyl groups excluding tert-OH is 2. The Kier molecular flexibility index (Phi) is 4.79. The van der Waals surface area contributed by atoms with Crippen molar-refractivity contribution in [1.29, 1.82) is 0 Å². The van der Waals surface area contributed by atoms with Crippen LogP contribution in [0.3, 0.4) is 0 Å². The molecule has 0 bridgehead atoms. The summed E-state index contributed by atoms with van der Waals surface area (Å²) in [6, 6.07) is 6.43. The van der Waals surface area contributed by atoms with E-state index in [9.17, 15) is 15.0 Å². The smallest absolute Gasteiger partial charge is 0.333 e. The minimum atomic E-state index is -1.32. The van der Waals surface area contributed by atoms with Gasteiger partial charge in [0, 0.05) is 11.6 Å². The number of fused-ring (bicyclic) bond motifs is 3. The molecule has 1 heterocycles. The quantitative estimate of drug-likeness (QED) is 0.777. The Balaban J connectivity index is 1.65. The largest absolute Gasteiger partial charge is 0.497 e. The highest BCUT2D eigenvalue weighted by molar-refractivity contribution is 5.85. The lowest BCUT2D eigenvalue weighted by atomic mass is 9.48. The average molecular weight is 386 g/mol. The van der Waals surface area contributed by atoms with Crippen molar-refractivity contribution >= 4 is 5.97 Å². The number of carbonyl (C=O) groups excluding carboxylic acids is 1. The zero-order valence-electron chi connectivity index (χ0n) is 16.9. The first-order chi connectivity index (χ1) is 13.3. The molecule has 1 unspecified atom stereocenters. The van der Waals surface area contributed by atoms with Crippen molar-refractivity contribution in [3.8, 4) is 5.75 Å². The van der Waals surface area contributed by atoms with Crippen LogP contribution in [0.1, 0.15) is 57.1 Å². The number of aryl methyl sites for hydroxylation is 1. The molecule has 0 saturated heterocycles. The van der Waals surface area contributed by atoms with Gasteiger partial charge in [-0.05, 0) is 72.1 Å². The predicted molar refractivity (Wildman–Crippen MR) is 105 cm³/mol. The van der Waals surface area contributed by atoms with Crippen LogP contribution in [0, 0.1) is 11.3 Å². The summed E-state index contributed by atoms with van der Waals surface area (Å²) in [4.78, 5) is 11.4. The van der Waals surface area contributed by atoms with Crippen LogP contribution >= 0.6 is 0 Å². The van der Waals surface area contributed by atoms with Crippen molar-refractivity contribution < 1.29 is 24.5 Å². The molecule has 5 atom stereocenters. The summed E-state index contributed by atoms with van der Waals surface area (Å²) in [5, 5.41) is 20.8. The maximum absolute atomic E-state index is 11.4. The van der Waals surface area contributed by atoms with Gasteiger partial charge in [0.15, 0.2) is 0 Å². The molecule has 5 heteroatoms. The van der Waals surface area contributed by atoms with E-state index in [0.717, 1.165) is 37.9 Å². The summed E-state index contributed by atoms with van der Waals surface area (Å²) in [7, 11) is 1.70. The zero-order valence-corrected chi connectivity index (χ0v) is 16.9. The van der Waals surface area contributed by atoms with Crippen molar-refractivity contribution in [1.82, 2.24) is 0 Å². The molecule has 2 N–H and O–H groups in total. The van der Waals surface area contributed by atoms with Crippen LogP contribution in [0.2, 0.25) is 0 Å². The number of aliphatic hydroxyl groups is 2. The fourth-order valence-electron chi connectivity index (χ4n) is 6.18. The Morgan fingerprint density at radius 2 is 2.11 bits per heavy atom. The standard InChI is InChI=1S/C23H30O5/c1-22(13-18(24)16-12-20(25)28-21(16)26)9-4-10-23(2)17-11-15(27-3)7-5-14(17)6-8-19(22)23/h5,7,11-12,18-19,21,24,26H,4,6,8-10,13H2,1-3H3/t18-,19-,21?,22+,23+/m0/s1. The molecule has 5 nitrogen and oxygen atoms in total. The number of esters is 1. The maximum atomic E-state index is 11.4. The van der Waals surface area contributed by atoms with Gasteiger partial charge in [-0.2, -0.15) is 0 Å². The van der Waals surface area contributed by atoms with Crippen LogP contribution in [0.15, 0.2) is 29.8 Å². The normalized spacial score (nSPS) is 35.5. The van der Waals surface area contributed by atoms with Crippen molar-refractivity contribution in [3.63, 3.8) is 0 Å². The molecule has 1 fully saturated rings. The van der Waals surface area contributed by atoms with Crippen LogP contribution < -0.4 is 4.74 Å². The summed E-state index contributed by atoms with van der Waals surface area (Å²) in [5.74, 6) is 0.723. The molecule has 0 radical (unpaired) electrons. The van der Waals surface area contributed by atoms with Crippen molar-refractivity contribution in [2.45, 2.75) is 70.2 Å². The van der Waals surface area contributed by atoms with E-state index >= 15 is 0 Å². The van der Waals surface area contributed by atoms with E-state index in [-0.39, 0.29) is 16.4 Å². The Bertz CT molecular complexity index is 815. The second-order valence-electron chi connectivity index (χ2n) is 9.19. The second-order valence-corrected chi connectivity index (χ2v) is 9.19. The number of carbonyl (C=O) groups is 1. The summed E-state index contributed by atoms with van der Waals surface area (Å²) in [6.45, 7) is 4.61. The lowest BCUT2D eigenvalue weighted by Crippen LogP contribution is -2.50. The summed E-state index contributed by atoms with van der Waals surface area (Å²) in [6.07, 6.45) is 4.91. The Morgan fingerprint density at radius 1 is 1.32 bits per heavy atom. The fraction of sp³-hybridized carbons (Fsp3) is 0.609. The summed E-state index contributed by atoms with van der Waals surface area (Å²) in [5.41, 5.74) is 3.01. The van der Waals surface area contributed by atoms with E-state index in [1.165, 1.54) is 17.2 Å². The molecule has 0 amide bonds. The minimum absolute atomic E-state index is 0.0316. The van der Waals surface area contributed by atoms with Gasteiger partial charge in [0.25, 0.3) is 0 Å². The monoisotopic (exact) mass is 386 g/mol. The molecule has 3 aliphatic rings. The highest BCUT2D eigenvalue weighted by Crippen LogP contribution is 2.59. The van der Waals surface area contributed by atoms with Gasteiger partial charge in [-0.3, -0.25) is 0 Å². The third-order valence-electron chi connectivity index (χ3n) is 7.53. The summed E-state index contributed by atoms with van der Waals surface area (Å²) < 4.78 is 10.3. The molecular formula is C23H30O5. The second kappa shape index (κ2) is 6.89. The van der Waals surface area contributed by atoms with E-state index < -0.39 is 18.4 Å². The first-order valence-electron chi connectivity index (χ1n) is 10.2. The molecule has 1 aromatic carbocycles. The van der Waals surface area contributed by atoms with Gasteiger partial charge in [-0.15, -0.1) is 0 Å². The Hall–Kier alpha value is -1.85. The van der Waals surface area contributed by atoms with E-state index in [2.05, 4.69) is 26.0 Å². The number of hydrogen-bond donors (Lipinski definition) is 2. The van der Waals surface area contributed by atoms with Crippen LogP contribution in [0.5, 0.6) is 5.75 Å². The van der Waals surface area contributed by atoms with Crippen LogP contribution in [-0.2, 0) is 21.4 Å². The number of methoxy groups -OCH3 is 1. The SMILES string of the molecule is COc1ccc2c(c1)[C@@]1(C)CCC[C@](C)(C[C@H](O)C3=CC(=O)OC3O)[C@@H]1CC2. The predicted octanol–water partition coefficient (Wildman–Crippen LogP) is 3.26. The molecule has 0 spiro atoms. The molecule has 4 rings (SSSR count). The molecule has 1 saturated carbocycles. The highest BCUT2D eigenvalue weighted by atomic mass is 16.6. The number of benzene rings is 1. The number of ether oxygens (including phenoxy) is 2. The van der Waals surface area contributed by atoms with E-state index in [0.29, 0.717) is 12.3 Å².